The number of aryl methyl sites for hydroxylation is 1. The first-order chi connectivity index (χ1) is 7.19. The Hall–Kier alpha value is 0.170. The van der Waals surface area contributed by atoms with E-state index in [-0.39, 0.29) is 0 Å². The Labute approximate surface area is 109 Å². The van der Waals surface area contributed by atoms with Crippen molar-refractivity contribution in [3.05, 3.63) is 16.4 Å². The third-order valence-corrected chi connectivity index (χ3v) is 4.24. The van der Waals surface area contributed by atoms with Crippen molar-refractivity contribution >= 4 is 31.9 Å². The molecule has 1 atom stereocenters. The Balaban J connectivity index is 2.61. The first-order valence-corrected chi connectivity index (χ1v) is 7.24. The standard InChI is InChI=1S/C11H18Br2N2/c1-3-7-15-11(10(13)8-14-15)6-5-9(12)4-2/h8-9H,3-7H2,1-2H3. The summed E-state index contributed by atoms with van der Waals surface area (Å²) in [4.78, 5) is 0.620. The number of aromatic nitrogens is 2. The second kappa shape index (κ2) is 6.69. The van der Waals surface area contributed by atoms with Gasteiger partial charge in [-0.05, 0) is 41.6 Å². The normalized spacial score (nSPS) is 13.1. The summed E-state index contributed by atoms with van der Waals surface area (Å²) < 4.78 is 3.26. The topological polar surface area (TPSA) is 17.8 Å². The molecule has 1 aromatic heterocycles. The van der Waals surface area contributed by atoms with Crippen molar-refractivity contribution in [3.63, 3.8) is 0 Å². The molecule has 1 heterocycles. The summed E-state index contributed by atoms with van der Waals surface area (Å²) in [5.74, 6) is 0. The fraction of sp³-hybridized carbons (Fsp3) is 0.727. The molecule has 2 nitrogen and oxygen atoms in total. The van der Waals surface area contributed by atoms with Crippen LogP contribution in [0, 0.1) is 0 Å². The molecule has 0 saturated carbocycles. The van der Waals surface area contributed by atoms with E-state index in [1.54, 1.807) is 0 Å². The molecular formula is C11H18Br2N2. The van der Waals surface area contributed by atoms with Crippen molar-refractivity contribution in [1.82, 2.24) is 9.78 Å². The maximum Gasteiger partial charge on any atom is 0.0635 e. The molecule has 0 saturated heterocycles. The van der Waals surface area contributed by atoms with E-state index < -0.39 is 0 Å². The maximum atomic E-state index is 4.36. The van der Waals surface area contributed by atoms with Gasteiger partial charge in [0.25, 0.3) is 0 Å². The van der Waals surface area contributed by atoms with Gasteiger partial charge in [0, 0.05) is 11.4 Å². The Morgan fingerprint density at radius 2 is 2.20 bits per heavy atom. The van der Waals surface area contributed by atoms with Gasteiger partial charge >= 0.3 is 0 Å². The first kappa shape index (κ1) is 13.2. The van der Waals surface area contributed by atoms with E-state index >= 15 is 0 Å². The molecule has 0 aliphatic carbocycles. The molecule has 0 aliphatic heterocycles. The zero-order valence-corrected chi connectivity index (χ0v) is 12.5. The molecule has 0 spiro atoms. The third-order valence-electron chi connectivity index (χ3n) is 2.47. The quantitative estimate of drug-likeness (QED) is 0.712. The van der Waals surface area contributed by atoms with Crippen LogP contribution in [0.25, 0.3) is 0 Å². The molecule has 0 amide bonds. The average Bonchev–Trinajstić information content (AvgIpc) is 2.57. The fourth-order valence-corrected chi connectivity index (χ4v) is 2.26. The summed E-state index contributed by atoms with van der Waals surface area (Å²) >= 11 is 7.23. The van der Waals surface area contributed by atoms with Crippen LogP contribution in [-0.2, 0) is 13.0 Å². The van der Waals surface area contributed by atoms with E-state index in [1.807, 2.05) is 6.20 Å². The molecule has 4 heteroatoms. The van der Waals surface area contributed by atoms with Crippen molar-refractivity contribution in [2.24, 2.45) is 0 Å². The Morgan fingerprint density at radius 3 is 2.80 bits per heavy atom. The number of halogens is 2. The maximum absolute atomic E-state index is 4.36. The minimum Gasteiger partial charge on any atom is -0.268 e. The number of rotatable bonds is 6. The van der Waals surface area contributed by atoms with Gasteiger partial charge in [-0.2, -0.15) is 5.10 Å². The van der Waals surface area contributed by atoms with Gasteiger partial charge in [0.05, 0.1) is 16.4 Å². The van der Waals surface area contributed by atoms with Crippen molar-refractivity contribution in [2.75, 3.05) is 0 Å². The second-order valence-electron chi connectivity index (χ2n) is 3.71. The highest BCUT2D eigenvalue weighted by molar-refractivity contribution is 9.10. The molecule has 1 rings (SSSR count). The summed E-state index contributed by atoms with van der Waals surface area (Å²) in [5.41, 5.74) is 1.33. The van der Waals surface area contributed by atoms with E-state index in [4.69, 9.17) is 0 Å². The van der Waals surface area contributed by atoms with Gasteiger partial charge in [-0.3, -0.25) is 4.68 Å². The Morgan fingerprint density at radius 1 is 1.47 bits per heavy atom. The lowest BCUT2D eigenvalue weighted by molar-refractivity contribution is 0.563. The average molecular weight is 338 g/mol. The van der Waals surface area contributed by atoms with Gasteiger partial charge in [-0.25, -0.2) is 0 Å². The lowest BCUT2D eigenvalue weighted by Crippen LogP contribution is -2.07. The van der Waals surface area contributed by atoms with Crippen molar-refractivity contribution < 1.29 is 0 Å². The van der Waals surface area contributed by atoms with Gasteiger partial charge in [0.2, 0.25) is 0 Å². The highest BCUT2D eigenvalue weighted by Gasteiger charge is 2.10. The number of hydrogen-bond donors (Lipinski definition) is 0. The molecule has 0 radical (unpaired) electrons. The summed E-state index contributed by atoms with van der Waals surface area (Å²) in [7, 11) is 0. The second-order valence-corrected chi connectivity index (χ2v) is 5.86. The van der Waals surface area contributed by atoms with Gasteiger partial charge in [0.1, 0.15) is 0 Å². The van der Waals surface area contributed by atoms with Crippen molar-refractivity contribution in [2.45, 2.75) is 50.9 Å². The van der Waals surface area contributed by atoms with Crippen LogP contribution in [0.1, 0.15) is 38.8 Å². The number of alkyl halides is 1. The Kier molecular flexibility index (Phi) is 5.90. The fourth-order valence-electron chi connectivity index (χ4n) is 1.54. The zero-order valence-electron chi connectivity index (χ0n) is 9.34. The summed E-state index contributed by atoms with van der Waals surface area (Å²) in [6.07, 6.45) is 6.47. The third kappa shape index (κ3) is 3.91. The molecule has 0 N–H and O–H groups in total. The van der Waals surface area contributed by atoms with Gasteiger partial charge < -0.3 is 0 Å². The van der Waals surface area contributed by atoms with Gasteiger partial charge in [-0.1, -0.05) is 29.8 Å². The molecule has 1 unspecified atom stereocenters. The summed E-state index contributed by atoms with van der Waals surface area (Å²) in [6, 6.07) is 0. The molecule has 0 aromatic carbocycles. The van der Waals surface area contributed by atoms with E-state index in [9.17, 15) is 0 Å². The van der Waals surface area contributed by atoms with Crippen LogP contribution in [0.5, 0.6) is 0 Å². The lowest BCUT2D eigenvalue weighted by atomic mass is 10.1. The van der Waals surface area contributed by atoms with Crippen LogP contribution >= 0.6 is 31.9 Å². The molecular weight excluding hydrogens is 320 g/mol. The minimum absolute atomic E-state index is 0.620. The monoisotopic (exact) mass is 336 g/mol. The number of nitrogens with zero attached hydrogens (tertiary/aromatic N) is 2. The highest BCUT2D eigenvalue weighted by Crippen LogP contribution is 2.21. The summed E-state index contributed by atoms with van der Waals surface area (Å²) in [6.45, 7) is 5.40. The molecule has 15 heavy (non-hydrogen) atoms. The van der Waals surface area contributed by atoms with Crippen molar-refractivity contribution in [3.8, 4) is 0 Å². The van der Waals surface area contributed by atoms with Crippen LogP contribution in [0.3, 0.4) is 0 Å². The Bertz CT molecular complexity index is 297. The molecule has 1 aromatic rings. The molecule has 0 fully saturated rings. The summed E-state index contributed by atoms with van der Waals surface area (Å²) in [5, 5.41) is 4.36. The van der Waals surface area contributed by atoms with Crippen molar-refractivity contribution in [1.29, 1.82) is 0 Å². The van der Waals surface area contributed by atoms with Crippen LogP contribution < -0.4 is 0 Å². The van der Waals surface area contributed by atoms with Gasteiger partial charge in [-0.15, -0.1) is 0 Å². The number of hydrogen-bond acceptors (Lipinski definition) is 1. The first-order valence-electron chi connectivity index (χ1n) is 5.53. The van der Waals surface area contributed by atoms with E-state index in [2.05, 4.69) is 55.5 Å². The molecule has 0 bridgehead atoms. The van der Waals surface area contributed by atoms with E-state index in [0.29, 0.717) is 4.83 Å². The van der Waals surface area contributed by atoms with Crippen LogP contribution in [0.15, 0.2) is 10.7 Å². The van der Waals surface area contributed by atoms with Crippen LogP contribution in [0.2, 0.25) is 0 Å². The smallest absolute Gasteiger partial charge is 0.0635 e. The largest absolute Gasteiger partial charge is 0.268 e. The predicted molar refractivity (Wildman–Crippen MR) is 71.5 cm³/mol. The molecule has 0 aliphatic rings. The zero-order chi connectivity index (χ0) is 11.3. The van der Waals surface area contributed by atoms with E-state index in [0.717, 1.165) is 23.9 Å². The van der Waals surface area contributed by atoms with Crippen LogP contribution in [0.4, 0.5) is 0 Å². The predicted octanol–water partition coefficient (Wildman–Crippen LogP) is 4.16. The molecule has 86 valence electrons. The minimum atomic E-state index is 0.620. The highest BCUT2D eigenvalue weighted by atomic mass is 79.9. The van der Waals surface area contributed by atoms with Gasteiger partial charge in [0.15, 0.2) is 0 Å². The lowest BCUT2D eigenvalue weighted by Gasteiger charge is -2.09. The SMILES string of the molecule is CCCn1ncc(Br)c1CCC(Br)CC. The van der Waals surface area contributed by atoms with Crippen LogP contribution in [-0.4, -0.2) is 14.6 Å². The van der Waals surface area contributed by atoms with E-state index in [1.165, 1.54) is 18.5 Å².